The van der Waals surface area contributed by atoms with Gasteiger partial charge in [-0.2, -0.15) is 18.2 Å². The second-order valence-corrected chi connectivity index (χ2v) is 11.4. The monoisotopic (exact) mass is 592 g/mol. The van der Waals surface area contributed by atoms with Gasteiger partial charge in [-0.1, -0.05) is 0 Å². The summed E-state index contributed by atoms with van der Waals surface area (Å²) < 4.78 is 41.2. The van der Waals surface area contributed by atoms with Crippen molar-refractivity contribution < 1.29 is 22.8 Å². The number of primary amides is 1. The molecule has 0 spiro atoms. The predicted octanol–water partition coefficient (Wildman–Crippen LogP) is 4.04. The van der Waals surface area contributed by atoms with Crippen molar-refractivity contribution in [3.05, 3.63) is 41.6 Å². The number of nitrogens with two attached hydrogens (primary N) is 1. The van der Waals surface area contributed by atoms with Gasteiger partial charge >= 0.3 is 6.18 Å². The molecule has 2 aliphatic rings. The molecule has 4 N–H and O–H groups in total. The summed E-state index contributed by atoms with van der Waals surface area (Å²) >= 11 is 0. The normalized spacial score (nSPS) is 19.6. The largest absolute Gasteiger partial charge is 0.421 e. The van der Waals surface area contributed by atoms with Gasteiger partial charge < -0.3 is 31.1 Å². The van der Waals surface area contributed by atoms with Crippen LogP contribution in [0.15, 0.2) is 30.5 Å². The van der Waals surface area contributed by atoms with Crippen molar-refractivity contribution in [1.29, 1.82) is 0 Å². The fraction of sp³-hybridized carbons (Fsp3) is 0.586. The van der Waals surface area contributed by atoms with Crippen molar-refractivity contribution in [1.82, 2.24) is 24.7 Å². The molecule has 2 unspecified atom stereocenters. The minimum absolute atomic E-state index is 0.0474. The van der Waals surface area contributed by atoms with E-state index in [1.54, 1.807) is 29.2 Å². The van der Waals surface area contributed by atoms with Crippen LogP contribution in [0.3, 0.4) is 0 Å². The molecule has 2 atom stereocenters. The topological polar surface area (TPSA) is 120 Å². The van der Waals surface area contributed by atoms with Crippen molar-refractivity contribution >= 4 is 29.8 Å². The van der Waals surface area contributed by atoms with Crippen molar-refractivity contribution in [3.8, 4) is 0 Å². The average molecular weight is 593 g/mol. The molecule has 13 heteroatoms. The summed E-state index contributed by atoms with van der Waals surface area (Å²) in [6, 6.07) is 7.01. The first kappa shape index (κ1) is 33.1. The van der Waals surface area contributed by atoms with Gasteiger partial charge in [-0.05, 0) is 109 Å². The summed E-state index contributed by atoms with van der Waals surface area (Å²) in [6.45, 7) is 2.89. The lowest BCUT2D eigenvalue weighted by Gasteiger charge is -2.35. The van der Waals surface area contributed by atoms with Crippen LogP contribution < -0.4 is 16.4 Å². The molecule has 1 saturated heterocycles. The standard InChI is InChI=1S/C28H40F3N7O.CH3NO/c1-36(2)14-11-19-5-8-22(17-19)33-25-24(28(29,30)31)18-32-27(35-25)34-21-9-6-20(7-10-21)26(39)38(4)23-12-15-37(3)16-13-23;2-1-3/h6-7,9-10,18-19,22-23H,5,8,11-17H2,1-4H3,(H2,32,33,34,35);1H,(H2,2,3). The highest BCUT2D eigenvalue weighted by atomic mass is 19.4. The second kappa shape index (κ2) is 15.1. The average Bonchev–Trinajstić information content (AvgIpc) is 3.39. The number of carbonyl (C=O) groups excluding carboxylic acids is 2. The van der Waals surface area contributed by atoms with Gasteiger partial charge in [-0.3, -0.25) is 9.59 Å². The van der Waals surface area contributed by atoms with E-state index >= 15 is 0 Å². The van der Waals surface area contributed by atoms with E-state index in [4.69, 9.17) is 4.79 Å². The number of amides is 2. The Morgan fingerprint density at radius 1 is 1.12 bits per heavy atom. The van der Waals surface area contributed by atoms with Gasteiger partial charge in [0.2, 0.25) is 12.4 Å². The highest BCUT2D eigenvalue weighted by molar-refractivity contribution is 5.94. The quantitative estimate of drug-likeness (QED) is 0.374. The van der Waals surface area contributed by atoms with Crippen LogP contribution in [0.1, 0.15) is 54.4 Å². The zero-order chi connectivity index (χ0) is 30.9. The van der Waals surface area contributed by atoms with Crippen molar-refractivity contribution in [3.63, 3.8) is 0 Å². The lowest BCUT2D eigenvalue weighted by molar-refractivity contribution is -0.137. The Morgan fingerprint density at radius 2 is 1.76 bits per heavy atom. The van der Waals surface area contributed by atoms with Gasteiger partial charge in [0.15, 0.2) is 0 Å². The maximum atomic E-state index is 13.7. The highest BCUT2D eigenvalue weighted by Crippen LogP contribution is 2.37. The van der Waals surface area contributed by atoms with E-state index in [0.717, 1.165) is 64.4 Å². The Balaban J connectivity index is 0.00000155. The van der Waals surface area contributed by atoms with E-state index in [0.29, 0.717) is 17.2 Å². The molecule has 2 amide bonds. The number of hydrogen-bond donors (Lipinski definition) is 3. The number of carbonyl (C=O) groups is 2. The van der Waals surface area contributed by atoms with E-state index < -0.39 is 11.7 Å². The minimum Gasteiger partial charge on any atom is -0.372 e. The number of nitrogens with one attached hydrogen (secondary N) is 2. The van der Waals surface area contributed by atoms with Crippen LogP contribution in [-0.4, -0.2) is 96.9 Å². The van der Waals surface area contributed by atoms with Gasteiger partial charge in [0, 0.05) is 36.6 Å². The SMILES string of the molecule is CN(C)CCC1CCC(Nc2nc(Nc3ccc(C(=O)N(C)C4CCN(C)CC4)cc3)ncc2C(F)(F)F)C1.NC=O. The predicted molar refractivity (Wildman–Crippen MR) is 158 cm³/mol. The molecule has 0 radical (unpaired) electrons. The Bertz CT molecular complexity index is 1150. The fourth-order valence-corrected chi connectivity index (χ4v) is 5.44. The maximum Gasteiger partial charge on any atom is 0.421 e. The van der Waals surface area contributed by atoms with E-state index in [9.17, 15) is 18.0 Å². The molecular formula is C29H43F3N8O2. The number of rotatable bonds is 9. The summed E-state index contributed by atoms with van der Waals surface area (Å²) in [5, 5.41) is 6.04. The summed E-state index contributed by atoms with van der Waals surface area (Å²) in [7, 11) is 7.97. The fourth-order valence-electron chi connectivity index (χ4n) is 5.44. The van der Waals surface area contributed by atoms with E-state index in [-0.39, 0.29) is 36.2 Å². The van der Waals surface area contributed by atoms with Crippen LogP contribution >= 0.6 is 0 Å². The second-order valence-electron chi connectivity index (χ2n) is 11.4. The number of likely N-dealkylation sites (tertiary alicyclic amines) is 1. The number of piperidine rings is 1. The van der Waals surface area contributed by atoms with Crippen LogP contribution in [0, 0.1) is 5.92 Å². The minimum atomic E-state index is -4.56. The molecule has 10 nitrogen and oxygen atoms in total. The Kier molecular flexibility index (Phi) is 11.9. The number of halogens is 3. The Hall–Kier alpha value is -3.45. The van der Waals surface area contributed by atoms with Crippen molar-refractivity contribution in [2.24, 2.45) is 11.7 Å². The molecule has 232 valence electrons. The molecule has 2 aromatic rings. The molecule has 1 aliphatic carbocycles. The van der Waals surface area contributed by atoms with Crippen molar-refractivity contribution in [2.45, 2.75) is 56.8 Å². The maximum absolute atomic E-state index is 13.7. The Morgan fingerprint density at radius 3 is 2.36 bits per heavy atom. The summed E-state index contributed by atoms with van der Waals surface area (Å²) in [5.74, 6) is 0.298. The summed E-state index contributed by atoms with van der Waals surface area (Å²) in [6.07, 6.45) is 2.04. The zero-order valence-electron chi connectivity index (χ0n) is 24.8. The van der Waals surface area contributed by atoms with Gasteiger partial charge in [-0.25, -0.2) is 4.98 Å². The third-order valence-corrected chi connectivity index (χ3v) is 7.90. The van der Waals surface area contributed by atoms with E-state index in [1.165, 1.54) is 0 Å². The van der Waals surface area contributed by atoms with Crippen LogP contribution in [0.25, 0.3) is 0 Å². The van der Waals surface area contributed by atoms with Crippen molar-refractivity contribution in [2.75, 3.05) is 58.5 Å². The van der Waals surface area contributed by atoms with Gasteiger partial charge in [0.25, 0.3) is 5.91 Å². The highest BCUT2D eigenvalue weighted by Gasteiger charge is 2.36. The summed E-state index contributed by atoms with van der Waals surface area (Å²) in [5.41, 5.74) is 4.44. The number of aromatic nitrogens is 2. The summed E-state index contributed by atoms with van der Waals surface area (Å²) in [4.78, 5) is 35.9. The van der Waals surface area contributed by atoms with Crippen LogP contribution in [-0.2, 0) is 11.0 Å². The van der Waals surface area contributed by atoms with Gasteiger partial charge in [-0.15, -0.1) is 0 Å². The number of alkyl halides is 3. The molecule has 2 heterocycles. The van der Waals surface area contributed by atoms with E-state index in [1.807, 2.05) is 21.1 Å². The zero-order valence-corrected chi connectivity index (χ0v) is 24.8. The van der Waals surface area contributed by atoms with E-state index in [2.05, 4.69) is 43.2 Å². The number of nitrogens with zero attached hydrogens (tertiary/aromatic N) is 5. The van der Waals surface area contributed by atoms with Crippen LogP contribution in [0.2, 0.25) is 0 Å². The van der Waals surface area contributed by atoms with Gasteiger partial charge in [0.05, 0.1) is 0 Å². The third kappa shape index (κ3) is 9.55. The molecular weight excluding hydrogens is 549 g/mol. The molecule has 1 aliphatic heterocycles. The first-order valence-corrected chi connectivity index (χ1v) is 14.2. The lowest BCUT2D eigenvalue weighted by Crippen LogP contribution is -2.44. The molecule has 0 bridgehead atoms. The third-order valence-electron chi connectivity index (χ3n) is 7.90. The number of benzene rings is 1. The van der Waals surface area contributed by atoms with Gasteiger partial charge in [0.1, 0.15) is 11.4 Å². The first-order chi connectivity index (χ1) is 19.9. The number of anilines is 3. The molecule has 2 fully saturated rings. The molecule has 1 aromatic carbocycles. The molecule has 1 saturated carbocycles. The van der Waals surface area contributed by atoms with Crippen LogP contribution in [0.4, 0.5) is 30.6 Å². The smallest absolute Gasteiger partial charge is 0.372 e. The lowest BCUT2D eigenvalue weighted by atomic mass is 10.0. The molecule has 4 rings (SSSR count). The molecule has 42 heavy (non-hydrogen) atoms. The molecule has 1 aromatic heterocycles. The Labute approximate surface area is 245 Å². The van der Waals surface area contributed by atoms with Crippen LogP contribution in [0.5, 0.6) is 0 Å². The first-order valence-electron chi connectivity index (χ1n) is 14.2. The number of hydrogen-bond acceptors (Lipinski definition) is 8.